The van der Waals surface area contributed by atoms with Gasteiger partial charge < -0.3 is 20.3 Å². The zero-order valence-corrected chi connectivity index (χ0v) is 15.8. The quantitative estimate of drug-likeness (QED) is 0.815. The number of anilines is 2. The van der Waals surface area contributed by atoms with Crippen LogP contribution in [-0.2, 0) is 9.53 Å². The molecule has 6 nitrogen and oxygen atoms in total. The second-order valence-corrected chi connectivity index (χ2v) is 7.64. The van der Waals surface area contributed by atoms with Crippen LogP contribution < -0.4 is 10.6 Å². The summed E-state index contributed by atoms with van der Waals surface area (Å²) in [5.41, 5.74) is 1.30. The van der Waals surface area contributed by atoms with E-state index in [1.165, 1.54) is 11.3 Å². The molecule has 1 unspecified atom stereocenters. The van der Waals surface area contributed by atoms with Crippen molar-refractivity contribution in [3.05, 3.63) is 46.2 Å². The van der Waals surface area contributed by atoms with Gasteiger partial charge in [0.15, 0.2) is 0 Å². The summed E-state index contributed by atoms with van der Waals surface area (Å²) in [4.78, 5) is 27.9. The van der Waals surface area contributed by atoms with E-state index in [0.717, 1.165) is 24.3 Å². The zero-order chi connectivity index (χ0) is 18.5. The number of likely N-dealkylation sites (N-methyl/N-ethyl adjacent to an activating group) is 1. The molecule has 1 aromatic carbocycles. The van der Waals surface area contributed by atoms with Crippen LogP contribution >= 0.6 is 11.3 Å². The number of carbonyl (C=O) groups excluding carboxylic acids is 2. The highest BCUT2D eigenvalue weighted by Gasteiger charge is 2.21. The lowest BCUT2D eigenvalue weighted by Gasteiger charge is -2.11. The van der Waals surface area contributed by atoms with Crippen molar-refractivity contribution in [2.24, 2.45) is 0 Å². The van der Waals surface area contributed by atoms with Crippen molar-refractivity contribution in [3.8, 4) is 0 Å². The number of nitrogens with zero attached hydrogens (tertiary/aromatic N) is 1. The molecule has 0 aliphatic carbocycles. The summed E-state index contributed by atoms with van der Waals surface area (Å²) in [6, 6.07) is 10.9. The molecular formula is C19H23N3O3S. The van der Waals surface area contributed by atoms with Crippen LogP contribution in [-0.4, -0.2) is 44.0 Å². The first kappa shape index (κ1) is 18.6. The third kappa shape index (κ3) is 4.91. The summed E-state index contributed by atoms with van der Waals surface area (Å²) in [5.74, 6) is -0.256. The molecule has 0 spiro atoms. The molecule has 1 atom stereocenters. The van der Waals surface area contributed by atoms with Gasteiger partial charge in [0.25, 0.3) is 5.91 Å². The van der Waals surface area contributed by atoms with Crippen molar-refractivity contribution < 1.29 is 14.3 Å². The molecule has 1 aliphatic heterocycles. The molecule has 2 aromatic rings. The molecule has 26 heavy (non-hydrogen) atoms. The van der Waals surface area contributed by atoms with E-state index in [-0.39, 0.29) is 17.9 Å². The van der Waals surface area contributed by atoms with E-state index in [2.05, 4.69) is 10.6 Å². The Morgan fingerprint density at radius 3 is 2.65 bits per heavy atom. The summed E-state index contributed by atoms with van der Waals surface area (Å²) in [5, 5.41) is 5.71. The number of hydrogen-bond acceptors (Lipinski definition) is 5. The Labute approximate surface area is 157 Å². The summed E-state index contributed by atoms with van der Waals surface area (Å²) in [6.45, 7) is 1.09. The van der Waals surface area contributed by atoms with E-state index < -0.39 is 0 Å². The summed E-state index contributed by atoms with van der Waals surface area (Å²) >= 11 is 1.47. The number of amides is 2. The van der Waals surface area contributed by atoms with Gasteiger partial charge in [-0.25, -0.2) is 0 Å². The largest absolute Gasteiger partial charge is 0.373 e. The molecule has 3 rings (SSSR count). The van der Waals surface area contributed by atoms with Crippen LogP contribution in [0.25, 0.3) is 0 Å². The van der Waals surface area contributed by atoms with Crippen LogP contribution in [0, 0.1) is 0 Å². The van der Waals surface area contributed by atoms with E-state index in [4.69, 9.17) is 4.74 Å². The van der Waals surface area contributed by atoms with E-state index in [1.54, 1.807) is 29.2 Å². The van der Waals surface area contributed by atoms with Gasteiger partial charge in [-0.3, -0.25) is 9.59 Å². The van der Waals surface area contributed by atoms with Crippen LogP contribution in [0.2, 0.25) is 0 Å². The summed E-state index contributed by atoms with van der Waals surface area (Å²) in [7, 11) is 3.67. The monoisotopic (exact) mass is 373 g/mol. The van der Waals surface area contributed by atoms with Gasteiger partial charge in [0, 0.05) is 22.9 Å². The molecule has 0 saturated carbocycles. The van der Waals surface area contributed by atoms with Crippen LogP contribution in [0.15, 0.2) is 36.4 Å². The number of benzene rings is 1. The standard InChI is InChI=1S/C19H23N3O3S/c1-22(2)12-18(23)20-13-5-3-6-14(11-13)21-19(24)17-9-8-16(26-17)15-7-4-10-25-15/h3,5-6,8-9,11,15H,4,7,10,12H2,1-2H3,(H,20,23)(H,21,24). The normalized spacial score (nSPS) is 16.7. The minimum Gasteiger partial charge on any atom is -0.373 e. The molecule has 0 radical (unpaired) electrons. The summed E-state index contributed by atoms with van der Waals surface area (Å²) < 4.78 is 5.67. The maximum atomic E-state index is 12.5. The van der Waals surface area contributed by atoms with Gasteiger partial charge in [0.2, 0.25) is 5.91 Å². The molecule has 1 aliphatic rings. The average Bonchev–Trinajstić information content (AvgIpc) is 3.26. The van der Waals surface area contributed by atoms with Crippen LogP contribution in [0.1, 0.15) is 33.5 Å². The molecular weight excluding hydrogens is 350 g/mol. The van der Waals surface area contributed by atoms with Gasteiger partial charge in [0.05, 0.1) is 17.5 Å². The first-order chi connectivity index (χ1) is 12.5. The third-order valence-corrected chi connectivity index (χ3v) is 5.14. The highest BCUT2D eigenvalue weighted by Crippen LogP contribution is 2.33. The smallest absolute Gasteiger partial charge is 0.265 e. The lowest BCUT2D eigenvalue weighted by atomic mass is 10.2. The Morgan fingerprint density at radius 2 is 1.96 bits per heavy atom. The topological polar surface area (TPSA) is 70.7 Å². The first-order valence-electron chi connectivity index (χ1n) is 8.58. The number of ether oxygens (including phenoxy) is 1. The minimum absolute atomic E-state index is 0.0991. The predicted molar refractivity (Wildman–Crippen MR) is 104 cm³/mol. The number of thiophene rings is 1. The fourth-order valence-corrected chi connectivity index (χ4v) is 3.79. The molecule has 2 amide bonds. The van der Waals surface area contributed by atoms with Crippen LogP contribution in [0.3, 0.4) is 0 Å². The van der Waals surface area contributed by atoms with Crippen molar-refractivity contribution >= 4 is 34.5 Å². The van der Waals surface area contributed by atoms with Gasteiger partial charge in [-0.05, 0) is 57.3 Å². The second kappa shape index (κ2) is 8.44. The van der Waals surface area contributed by atoms with Gasteiger partial charge in [-0.2, -0.15) is 0 Å². The molecule has 7 heteroatoms. The molecule has 138 valence electrons. The fraction of sp³-hybridized carbons (Fsp3) is 0.368. The highest BCUT2D eigenvalue weighted by atomic mass is 32.1. The molecule has 1 aromatic heterocycles. The van der Waals surface area contributed by atoms with Crippen molar-refractivity contribution in [1.82, 2.24) is 4.90 Å². The molecule has 1 fully saturated rings. The van der Waals surface area contributed by atoms with Crippen LogP contribution in [0.4, 0.5) is 11.4 Å². The van der Waals surface area contributed by atoms with Gasteiger partial charge in [-0.15, -0.1) is 11.3 Å². The van der Waals surface area contributed by atoms with Gasteiger partial charge in [-0.1, -0.05) is 6.07 Å². The Morgan fingerprint density at radius 1 is 1.19 bits per heavy atom. The van der Waals surface area contributed by atoms with Crippen LogP contribution in [0.5, 0.6) is 0 Å². The molecule has 2 heterocycles. The fourth-order valence-electron chi connectivity index (χ4n) is 2.81. The van der Waals surface area contributed by atoms with Crippen molar-refractivity contribution in [2.75, 3.05) is 37.9 Å². The predicted octanol–water partition coefficient (Wildman–Crippen LogP) is 3.35. The molecule has 1 saturated heterocycles. The molecule has 2 N–H and O–H groups in total. The van der Waals surface area contributed by atoms with E-state index in [0.29, 0.717) is 22.8 Å². The van der Waals surface area contributed by atoms with Crippen molar-refractivity contribution in [2.45, 2.75) is 18.9 Å². The van der Waals surface area contributed by atoms with E-state index in [1.807, 2.05) is 26.2 Å². The highest BCUT2D eigenvalue weighted by molar-refractivity contribution is 7.14. The first-order valence-corrected chi connectivity index (χ1v) is 9.40. The van der Waals surface area contributed by atoms with Crippen molar-refractivity contribution in [1.29, 1.82) is 0 Å². The molecule has 0 bridgehead atoms. The number of hydrogen-bond donors (Lipinski definition) is 2. The lowest BCUT2D eigenvalue weighted by molar-refractivity contribution is -0.116. The number of rotatable bonds is 6. The Bertz CT molecular complexity index is 782. The number of carbonyl (C=O) groups is 2. The van der Waals surface area contributed by atoms with Gasteiger partial charge >= 0.3 is 0 Å². The maximum Gasteiger partial charge on any atom is 0.265 e. The van der Waals surface area contributed by atoms with E-state index >= 15 is 0 Å². The number of nitrogens with one attached hydrogen (secondary N) is 2. The minimum atomic E-state index is -0.156. The lowest BCUT2D eigenvalue weighted by Crippen LogP contribution is -2.27. The Balaban J connectivity index is 1.62. The third-order valence-electron chi connectivity index (χ3n) is 3.96. The SMILES string of the molecule is CN(C)CC(=O)Nc1cccc(NC(=O)c2ccc(C3CCCO3)s2)c1. The second-order valence-electron chi connectivity index (χ2n) is 6.52. The Hall–Kier alpha value is -2.22. The van der Waals surface area contributed by atoms with Gasteiger partial charge in [0.1, 0.15) is 0 Å². The van der Waals surface area contributed by atoms with Crippen molar-refractivity contribution in [3.63, 3.8) is 0 Å². The Kier molecular flexibility index (Phi) is 6.03. The maximum absolute atomic E-state index is 12.5. The average molecular weight is 373 g/mol. The summed E-state index contributed by atoms with van der Waals surface area (Å²) in [6.07, 6.45) is 2.20. The van der Waals surface area contributed by atoms with E-state index in [9.17, 15) is 9.59 Å². The zero-order valence-electron chi connectivity index (χ0n) is 15.0.